The number of carbonyl (C=O) groups is 2. The van der Waals surface area contributed by atoms with E-state index >= 15 is 0 Å². The molecule has 3 heterocycles. The second-order valence-corrected chi connectivity index (χ2v) is 9.91. The van der Waals surface area contributed by atoms with Crippen LogP contribution in [-0.2, 0) is 9.59 Å². The largest absolute Gasteiger partial charge is 0.342 e. The summed E-state index contributed by atoms with van der Waals surface area (Å²) < 4.78 is 0. The van der Waals surface area contributed by atoms with Gasteiger partial charge in [-0.1, -0.05) is 26.7 Å². The highest BCUT2D eigenvalue weighted by atomic mass is 16.2. The van der Waals surface area contributed by atoms with Gasteiger partial charge in [0.05, 0.1) is 5.69 Å². The minimum atomic E-state index is -0.111. The Morgan fingerprint density at radius 3 is 2.35 bits per heavy atom. The Kier molecular flexibility index (Phi) is 6.77. The number of piperidine rings is 2. The summed E-state index contributed by atoms with van der Waals surface area (Å²) in [4.78, 5) is 49.4. The monoisotopic (exact) mass is 428 g/mol. The third-order valence-corrected chi connectivity index (χ3v) is 7.32. The molecule has 0 bridgehead atoms. The molecule has 31 heavy (non-hydrogen) atoms. The molecular formula is C24H36N4O3. The number of nitrogens with one attached hydrogen (secondary N) is 1. The topological polar surface area (TPSA) is 86.4 Å². The minimum Gasteiger partial charge on any atom is -0.342 e. The molecule has 7 heteroatoms. The van der Waals surface area contributed by atoms with Crippen molar-refractivity contribution < 1.29 is 9.59 Å². The van der Waals surface area contributed by atoms with Crippen molar-refractivity contribution in [3.8, 4) is 0 Å². The minimum absolute atomic E-state index is 0.0130. The van der Waals surface area contributed by atoms with Gasteiger partial charge >= 0.3 is 0 Å². The SMILES string of the molecule is CC(C)C(=O)N1CCC(c2nc(C3CCCN(C(=O)C4CCCC4)C3)cc(=O)[nH]2)CC1. The van der Waals surface area contributed by atoms with Crippen LogP contribution in [0.1, 0.15) is 88.6 Å². The number of carbonyl (C=O) groups excluding carboxylic acids is 2. The highest BCUT2D eigenvalue weighted by Crippen LogP contribution is 2.32. The molecule has 0 aromatic carbocycles. The number of hydrogen-bond donors (Lipinski definition) is 1. The van der Waals surface area contributed by atoms with Gasteiger partial charge in [0.25, 0.3) is 5.56 Å². The van der Waals surface area contributed by atoms with E-state index in [1.807, 2.05) is 23.6 Å². The Hall–Kier alpha value is -2.18. The predicted octanol–water partition coefficient (Wildman–Crippen LogP) is 3.03. The van der Waals surface area contributed by atoms with Crippen molar-refractivity contribution in [3.63, 3.8) is 0 Å². The Labute approximate surface area is 184 Å². The Morgan fingerprint density at radius 2 is 1.68 bits per heavy atom. The molecule has 1 aromatic heterocycles. The number of nitrogens with zero attached hydrogens (tertiary/aromatic N) is 3. The smallest absolute Gasteiger partial charge is 0.251 e. The first-order valence-corrected chi connectivity index (χ1v) is 12.1. The fraction of sp³-hybridized carbons (Fsp3) is 0.750. The maximum Gasteiger partial charge on any atom is 0.251 e. The molecular weight excluding hydrogens is 392 g/mol. The predicted molar refractivity (Wildman–Crippen MR) is 119 cm³/mol. The molecule has 170 valence electrons. The summed E-state index contributed by atoms with van der Waals surface area (Å²) in [6.07, 6.45) is 7.93. The summed E-state index contributed by atoms with van der Waals surface area (Å²) in [5.74, 6) is 1.75. The van der Waals surface area contributed by atoms with Crippen LogP contribution in [0.15, 0.2) is 10.9 Å². The average molecular weight is 429 g/mol. The van der Waals surface area contributed by atoms with Gasteiger partial charge in [-0.3, -0.25) is 14.4 Å². The van der Waals surface area contributed by atoms with Crippen molar-refractivity contribution in [1.29, 1.82) is 0 Å². The number of aromatic amines is 1. The summed E-state index contributed by atoms with van der Waals surface area (Å²) in [6.45, 7) is 6.78. The molecule has 1 N–H and O–H groups in total. The first-order valence-electron chi connectivity index (χ1n) is 12.1. The molecule has 1 aromatic rings. The van der Waals surface area contributed by atoms with Crippen LogP contribution in [0.25, 0.3) is 0 Å². The summed E-state index contributed by atoms with van der Waals surface area (Å²) >= 11 is 0. The number of H-pyrrole nitrogens is 1. The summed E-state index contributed by atoms with van der Waals surface area (Å²) in [5.41, 5.74) is 0.711. The van der Waals surface area contributed by atoms with Gasteiger partial charge in [-0.2, -0.15) is 0 Å². The number of likely N-dealkylation sites (tertiary alicyclic amines) is 2. The van der Waals surface area contributed by atoms with Crippen molar-refractivity contribution in [3.05, 3.63) is 27.9 Å². The van der Waals surface area contributed by atoms with Crippen LogP contribution in [0.4, 0.5) is 0 Å². The van der Waals surface area contributed by atoms with Crippen LogP contribution in [0.2, 0.25) is 0 Å². The molecule has 1 unspecified atom stereocenters. The molecule has 1 atom stereocenters. The molecule has 4 rings (SSSR count). The van der Waals surface area contributed by atoms with Crippen LogP contribution in [0.5, 0.6) is 0 Å². The van der Waals surface area contributed by atoms with Gasteiger partial charge in [0, 0.05) is 55.9 Å². The highest BCUT2D eigenvalue weighted by molar-refractivity contribution is 5.79. The molecule has 2 amide bonds. The first-order chi connectivity index (χ1) is 14.9. The molecule has 1 saturated carbocycles. The molecule has 3 fully saturated rings. The second-order valence-electron chi connectivity index (χ2n) is 9.91. The normalized spacial score (nSPS) is 23.5. The Balaban J connectivity index is 1.43. The van der Waals surface area contributed by atoms with Gasteiger partial charge in [0.1, 0.15) is 5.82 Å². The lowest BCUT2D eigenvalue weighted by molar-refractivity contribution is -0.137. The van der Waals surface area contributed by atoms with Crippen LogP contribution in [-0.4, -0.2) is 57.8 Å². The number of rotatable bonds is 4. The van der Waals surface area contributed by atoms with E-state index < -0.39 is 0 Å². The lowest BCUT2D eigenvalue weighted by Gasteiger charge is -2.35. The van der Waals surface area contributed by atoms with Crippen LogP contribution < -0.4 is 5.56 Å². The van der Waals surface area contributed by atoms with E-state index in [-0.39, 0.29) is 35.1 Å². The van der Waals surface area contributed by atoms with Crippen molar-refractivity contribution >= 4 is 11.8 Å². The van der Waals surface area contributed by atoms with E-state index in [1.165, 1.54) is 0 Å². The molecule has 0 spiro atoms. The standard InChI is InChI=1S/C24H36N4O3/c1-16(2)23(30)27-12-9-17(10-13-27)22-25-20(14-21(29)26-22)19-8-5-11-28(15-19)24(31)18-6-3-4-7-18/h14,16-19H,3-13,15H2,1-2H3,(H,25,26,29). The Bertz CT molecular complexity index is 851. The van der Waals surface area contributed by atoms with Crippen molar-refractivity contribution in [2.45, 2.75) is 77.0 Å². The maximum atomic E-state index is 12.9. The average Bonchev–Trinajstić information content (AvgIpc) is 3.33. The second kappa shape index (κ2) is 9.53. The lowest BCUT2D eigenvalue weighted by atomic mass is 9.92. The molecule has 2 saturated heterocycles. The summed E-state index contributed by atoms with van der Waals surface area (Å²) in [7, 11) is 0. The molecule has 3 aliphatic rings. The molecule has 2 aliphatic heterocycles. The van der Waals surface area contributed by atoms with Gasteiger partial charge in [-0.25, -0.2) is 4.98 Å². The van der Waals surface area contributed by atoms with Gasteiger partial charge in [0.15, 0.2) is 0 Å². The van der Waals surface area contributed by atoms with E-state index in [0.717, 1.165) is 69.4 Å². The third kappa shape index (κ3) is 5.01. The molecule has 7 nitrogen and oxygen atoms in total. The zero-order valence-electron chi connectivity index (χ0n) is 18.9. The Morgan fingerprint density at radius 1 is 0.968 bits per heavy atom. The highest BCUT2D eigenvalue weighted by Gasteiger charge is 2.32. The third-order valence-electron chi connectivity index (χ3n) is 7.32. The van der Waals surface area contributed by atoms with Crippen molar-refractivity contribution in [2.24, 2.45) is 11.8 Å². The lowest BCUT2D eigenvalue weighted by Crippen LogP contribution is -2.42. The zero-order chi connectivity index (χ0) is 22.0. The molecule has 0 radical (unpaired) electrons. The number of amides is 2. The van der Waals surface area contributed by atoms with E-state index in [2.05, 4.69) is 4.98 Å². The van der Waals surface area contributed by atoms with E-state index in [9.17, 15) is 14.4 Å². The quantitative estimate of drug-likeness (QED) is 0.799. The molecule has 1 aliphatic carbocycles. The van der Waals surface area contributed by atoms with Crippen molar-refractivity contribution in [2.75, 3.05) is 26.2 Å². The van der Waals surface area contributed by atoms with Gasteiger partial charge < -0.3 is 14.8 Å². The summed E-state index contributed by atoms with van der Waals surface area (Å²) in [5, 5.41) is 0. The van der Waals surface area contributed by atoms with Crippen molar-refractivity contribution in [1.82, 2.24) is 19.8 Å². The number of hydrogen-bond acceptors (Lipinski definition) is 4. The zero-order valence-corrected chi connectivity index (χ0v) is 18.9. The van der Waals surface area contributed by atoms with Crippen LogP contribution >= 0.6 is 0 Å². The van der Waals surface area contributed by atoms with E-state index in [0.29, 0.717) is 25.5 Å². The van der Waals surface area contributed by atoms with E-state index in [1.54, 1.807) is 6.07 Å². The maximum absolute atomic E-state index is 12.9. The van der Waals surface area contributed by atoms with Gasteiger partial charge in [0.2, 0.25) is 11.8 Å². The fourth-order valence-corrected chi connectivity index (χ4v) is 5.49. The van der Waals surface area contributed by atoms with Crippen LogP contribution in [0.3, 0.4) is 0 Å². The first kappa shape index (κ1) is 22.0. The van der Waals surface area contributed by atoms with Crippen LogP contribution in [0, 0.1) is 11.8 Å². The van der Waals surface area contributed by atoms with E-state index in [4.69, 9.17) is 4.98 Å². The summed E-state index contributed by atoms with van der Waals surface area (Å²) in [6, 6.07) is 1.62. The number of aromatic nitrogens is 2. The van der Waals surface area contributed by atoms with Gasteiger partial charge in [-0.15, -0.1) is 0 Å². The fourth-order valence-electron chi connectivity index (χ4n) is 5.49. The van der Waals surface area contributed by atoms with Gasteiger partial charge in [-0.05, 0) is 38.5 Å².